The largest absolute Gasteiger partial charge is 0.416 e. The quantitative estimate of drug-likeness (QED) is 0.158. The zero-order valence-electron chi connectivity index (χ0n) is 35.1. The average Bonchev–Trinajstić information content (AvgIpc) is 3.90. The van der Waals surface area contributed by atoms with Crippen LogP contribution < -0.4 is 0 Å². The summed E-state index contributed by atoms with van der Waals surface area (Å²) in [6.45, 7) is 0. The van der Waals surface area contributed by atoms with E-state index in [1.165, 1.54) is 36.5 Å². The lowest BCUT2D eigenvalue weighted by Gasteiger charge is -2.15. The Bertz CT molecular complexity index is 4020. The molecule has 0 aliphatic heterocycles. The minimum Gasteiger partial charge on any atom is -0.309 e. The molecule has 0 aliphatic rings. The molecule has 10 aromatic carbocycles. The predicted octanol–water partition coefficient (Wildman–Crippen LogP) is 17.7. The van der Waals surface area contributed by atoms with Gasteiger partial charge >= 0.3 is 6.18 Å². The second-order valence-corrected chi connectivity index (χ2v) is 18.1. The van der Waals surface area contributed by atoms with Gasteiger partial charge in [0.2, 0.25) is 0 Å². The van der Waals surface area contributed by atoms with Gasteiger partial charge in [0, 0.05) is 42.1 Å². The summed E-state index contributed by atoms with van der Waals surface area (Å²) in [6, 6.07) is 72.1. The van der Waals surface area contributed by atoms with Gasteiger partial charge in [0.05, 0.1) is 33.7 Å². The van der Waals surface area contributed by atoms with Gasteiger partial charge in [0.15, 0.2) is 0 Å². The van der Waals surface area contributed by atoms with Crippen molar-refractivity contribution in [1.82, 2.24) is 9.55 Å². The van der Waals surface area contributed by atoms with E-state index in [0.717, 1.165) is 94.8 Å². The van der Waals surface area contributed by atoms with Gasteiger partial charge in [-0.25, -0.2) is 4.98 Å². The highest BCUT2D eigenvalue weighted by molar-refractivity contribution is 7.25. The molecular weight excluding hydrogens is 838 g/mol. The Labute approximate surface area is 381 Å². The molecule has 3 aromatic heterocycles. The van der Waals surface area contributed by atoms with Crippen LogP contribution in [0.1, 0.15) is 5.56 Å². The van der Waals surface area contributed by atoms with Gasteiger partial charge in [-0.15, -0.1) is 11.3 Å². The Morgan fingerprint density at radius 1 is 0.333 bits per heavy atom. The number of halogens is 3. The van der Waals surface area contributed by atoms with Gasteiger partial charge in [-0.3, -0.25) is 0 Å². The normalized spacial score (nSPS) is 12.2. The Morgan fingerprint density at radius 3 is 1.50 bits per heavy atom. The topological polar surface area (TPSA) is 17.8 Å². The monoisotopic (exact) mass is 872 g/mol. The molecule has 0 bridgehead atoms. The van der Waals surface area contributed by atoms with Crippen LogP contribution in [0.15, 0.2) is 212 Å². The maximum absolute atomic E-state index is 13.7. The number of fused-ring (bicyclic) bond motifs is 12. The SMILES string of the molecule is FC(F)(F)c1ccc(-c2ccc3c(c2)c2cc4c5ccc(-c6ccc7sc8ccccc8c7c6)cc5c5ccccc5c4cc2n3-c2cc(-c3ccccc3)nc(-c3ccccc3)c2)cc1. The van der Waals surface area contributed by atoms with E-state index in [0.29, 0.717) is 5.56 Å². The van der Waals surface area contributed by atoms with Crippen LogP contribution in [0.2, 0.25) is 0 Å². The van der Waals surface area contributed by atoms with Crippen LogP contribution in [-0.2, 0) is 6.18 Å². The fraction of sp³-hybridized carbons (Fsp3) is 0.0167. The molecule has 13 aromatic rings. The highest BCUT2D eigenvalue weighted by atomic mass is 32.1. The number of hydrogen-bond acceptors (Lipinski definition) is 2. The molecule has 0 N–H and O–H groups in total. The number of pyridine rings is 1. The van der Waals surface area contributed by atoms with Crippen molar-refractivity contribution in [2.45, 2.75) is 6.18 Å². The maximum atomic E-state index is 13.7. The molecule has 0 saturated heterocycles. The van der Waals surface area contributed by atoms with Gasteiger partial charge in [0.25, 0.3) is 0 Å². The van der Waals surface area contributed by atoms with Gasteiger partial charge in [-0.2, -0.15) is 13.2 Å². The van der Waals surface area contributed by atoms with Crippen LogP contribution in [0.5, 0.6) is 0 Å². The summed E-state index contributed by atoms with van der Waals surface area (Å²) in [6.07, 6.45) is -4.42. The zero-order valence-corrected chi connectivity index (χ0v) is 36.0. The molecule has 13 rings (SSSR count). The molecule has 66 heavy (non-hydrogen) atoms. The van der Waals surface area contributed by atoms with Crippen LogP contribution in [0, 0.1) is 0 Å². The lowest BCUT2D eigenvalue weighted by molar-refractivity contribution is -0.137. The first-order valence-electron chi connectivity index (χ1n) is 21.9. The number of benzene rings is 10. The van der Waals surface area contributed by atoms with Crippen molar-refractivity contribution in [3.8, 4) is 50.5 Å². The first-order valence-corrected chi connectivity index (χ1v) is 22.7. The molecule has 0 aliphatic carbocycles. The van der Waals surface area contributed by atoms with Crippen molar-refractivity contribution in [1.29, 1.82) is 0 Å². The first-order chi connectivity index (χ1) is 32.3. The molecule has 0 fully saturated rings. The predicted molar refractivity (Wildman–Crippen MR) is 271 cm³/mol. The van der Waals surface area contributed by atoms with E-state index in [1.54, 1.807) is 12.1 Å². The van der Waals surface area contributed by atoms with Gasteiger partial charge in [-0.05, 0) is 127 Å². The van der Waals surface area contributed by atoms with Crippen molar-refractivity contribution in [3.05, 3.63) is 218 Å². The second-order valence-electron chi connectivity index (χ2n) is 17.0. The fourth-order valence-corrected chi connectivity index (χ4v) is 11.1. The van der Waals surface area contributed by atoms with E-state index in [-0.39, 0.29) is 0 Å². The van der Waals surface area contributed by atoms with Crippen LogP contribution in [0.25, 0.3) is 125 Å². The molecule has 0 unspecified atom stereocenters. The molecule has 2 nitrogen and oxygen atoms in total. The zero-order chi connectivity index (χ0) is 44.1. The number of hydrogen-bond donors (Lipinski definition) is 0. The third-order valence-electron chi connectivity index (χ3n) is 13.2. The highest BCUT2D eigenvalue weighted by Crippen LogP contribution is 2.44. The lowest BCUT2D eigenvalue weighted by Crippen LogP contribution is -2.03. The van der Waals surface area contributed by atoms with Gasteiger partial charge in [0.1, 0.15) is 0 Å². The minimum atomic E-state index is -4.42. The molecular formula is C60H35F3N2S. The first kappa shape index (κ1) is 38.4. The summed E-state index contributed by atoms with van der Waals surface area (Å²) < 4.78 is 45.9. The van der Waals surface area contributed by atoms with E-state index >= 15 is 0 Å². The molecule has 312 valence electrons. The Kier molecular flexibility index (Phi) is 8.58. The molecule has 6 heteroatoms. The standard InChI is InChI=1S/C60H35F3N2S/c61-60(62,63)42-24-19-36(20-25-42)39-22-27-56-51(30-39)52-34-49-46-26-21-40(41-23-28-59-53(31-41)47-17-9-10-18-58(47)66-59)29-48(46)44-15-7-8-16-45(44)50(49)35-57(52)65(56)43-32-54(37-11-3-1-4-12-37)64-55(33-43)38-13-5-2-6-14-38/h1-35H. The van der Waals surface area contributed by atoms with Crippen LogP contribution in [0.4, 0.5) is 13.2 Å². The number of nitrogens with zero attached hydrogens (tertiary/aromatic N) is 2. The number of rotatable bonds is 5. The fourth-order valence-electron chi connectivity index (χ4n) is 10.0. The van der Waals surface area contributed by atoms with E-state index in [9.17, 15) is 13.2 Å². The van der Waals surface area contributed by atoms with Crippen molar-refractivity contribution in [3.63, 3.8) is 0 Å². The third-order valence-corrected chi connectivity index (χ3v) is 14.3. The molecule has 3 heterocycles. The van der Waals surface area contributed by atoms with E-state index in [4.69, 9.17) is 4.98 Å². The summed E-state index contributed by atoms with van der Waals surface area (Å²) in [5.41, 5.74) is 9.88. The van der Waals surface area contributed by atoms with Crippen molar-refractivity contribution < 1.29 is 13.2 Å². The van der Waals surface area contributed by atoms with Gasteiger partial charge < -0.3 is 4.57 Å². The highest BCUT2D eigenvalue weighted by Gasteiger charge is 2.30. The molecule has 0 saturated carbocycles. The maximum Gasteiger partial charge on any atom is 0.416 e. The van der Waals surface area contributed by atoms with Crippen LogP contribution in [0.3, 0.4) is 0 Å². The summed E-state index contributed by atoms with van der Waals surface area (Å²) in [5.74, 6) is 0. The van der Waals surface area contributed by atoms with Gasteiger partial charge in [-0.1, -0.05) is 140 Å². The Hall–Kier alpha value is -8.06. The molecule has 0 atom stereocenters. The average molecular weight is 873 g/mol. The van der Waals surface area contributed by atoms with Crippen molar-refractivity contribution in [2.75, 3.05) is 0 Å². The molecule has 0 radical (unpaired) electrons. The van der Waals surface area contributed by atoms with E-state index in [1.807, 2.05) is 53.8 Å². The molecule has 0 spiro atoms. The lowest BCUT2D eigenvalue weighted by atomic mass is 9.91. The van der Waals surface area contributed by atoms with Crippen molar-refractivity contribution >= 4 is 85.6 Å². The smallest absolute Gasteiger partial charge is 0.309 e. The summed E-state index contributed by atoms with van der Waals surface area (Å²) >= 11 is 1.83. The molecule has 0 amide bonds. The number of aromatic nitrogens is 2. The second kappa shape index (κ2) is 14.7. The third kappa shape index (κ3) is 6.21. The number of alkyl halides is 3. The summed E-state index contributed by atoms with van der Waals surface area (Å²) in [4.78, 5) is 5.21. The van der Waals surface area contributed by atoms with Crippen molar-refractivity contribution in [2.24, 2.45) is 0 Å². The Morgan fingerprint density at radius 2 is 0.818 bits per heavy atom. The Balaban J connectivity index is 1.09. The summed E-state index contributed by atoms with van der Waals surface area (Å²) in [5, 5.41) is 11.5. The minimum absolute atomic E-state index is 0.667. The van der Waals surface area contributed by atoms with E-state index in [2.05, 4.69) is 150 Å². The number of thiophene rings is 1. The summed E-state index contributed by atoms with van der Waals surface area (Å²) in [7, 11) is 0. The van der Waals surface area contributed by atoms with Crippen LogP contribution in [-0.4, -0.2) is 9.55 Å². The van der Waals surface area contributed by atoms with E-state index < -0.39 is 11.7 Å². The van der Waals surface area contributed by atoms with Crippen LogP contribution >= 0.6 is 11.3 Å².